The van der Waals surface area contributed by atoms with E-state index in [-0.39, 0.29) is 10.2 Å². The molecule has 4 heteroatoms. The molecule has 2 nitrogen and oxygen atoms in total. The third-order valence-corrected chi connectivity index (χ3v) is 2.20. The molecular weight excluding hydrogens is 216 g/mol. The Morgan fingerprint density at radius 3 is 1.79 bits per heavy atom. The van der Waals surface area contributed by atoms with E-state index in [4.69, 9.17) is 0 Å². The van der Waals surface area contributed by atoms with Crippen molar-refractivity contribution >= 4 is 41.6 Å². The number of carbonyl (C=O) groups excluding carboxylic acids is 2. The highest BCUT2D eigenvalue weighted by Crippen LogP contribution is 2.14. The van der Waals surface area contributed by atoms with E-state index in [1.54, 1.807) is 18.2 Å². The predicted molar refractivity (Wildman–Crippen MR) is 63.2 cm³/mol. The molecule has 72 valence electrons. The smallest absolute Gasteiger partial charge is 0.216 e. The number of thiol groups is 2. The van der Waals surface area contributed by atoms with Gasteiger partial charge in [0.15, 0.2) is 0 Å². The van der Waals surface area contributed by atoms with Gasteiger partial charge in [-0.2, -0.15) is 0 Å². The summed E-state index contributed by atoms with van der Waals surface area (Å²) < 4.78 is 0. The van der Waals surface area contributed by atoms with Crippen LogP contribution in [-0.2, 0) is 0 Å². The van der Waals surface area contributed by atoms with Crippen LogP contribution in [-0.4, -0.2) is 10.2 Å². The first-order valence-corrected chi connectivity index (χ1v) is 4.68. The van der Waals surface area contributed by atoms with Gasteiger partial charge in [0.1, 0.15) is 0 Å². The van der Waals surface area contributed by atoms with Crippen molar-refractivity contribution in [2.75, 3.05) is 0 Å². The van der Waals surface area contributed by atoms with Crippen LogP contribution in [0.15, 0.2) is 24.8 Å². The average Bonchev–Trinajstić information content (AvgIpc) is 2.16. The van der Waals surface area contributed by atoms with Crippen molar-refractivity contribution in [1.82, 2.24) is 0 Å². The topological polar surface area (TPSA) is 34.1 Å². The lowest BCUT2D eigenvalue weighted by Crippen LogP contribution is -1.96. The second kappa shape index (κ2) is 4.48. The van der Waals surface area contributed by atoms with Crippen LogP contribution in [0.5, 0.6) is 0 Å². The standard InChI is InChI=1S/C10H8O2S2/c1-2-6-3-7(9(11)13)5-8(4-6)10(12)14/h2-5H,1H2,(H,11,13)(H,12,14). The van der Waals surface area contributed by atoms with Crippen LogP contribution in [0, 0.1) is 0 Å². The van der Waals surface area contributed by atoms with Gasteiger partial charge >= 0.3 is 0 Å². The van der Waals surface area contributed by atoms with Crippen molar-refractivity contribution in [2.45, 2.75) is 0 Å². The minimum atomic E-state index is -0.385. The van der Waals surface area contributed by atoms with E-state index in [1.165, 1.54) is 6.07 Å². The molecule has 0 saturated heterocycles. The summed E-state index contributed by atoms with van der Waals surface area (Å²) in [6.07, 6.45) is 1.56. The summed E-state index contributed by atoms with van der Waals surface area (Å²) in [6.45, 7) is 3.56. The van der Waals surface area contributed by atoms with Crippen molar-refractivity contribution in [3.63, 3.8) is 0 Å². The molecule has 0 spiro atoms. The average molecular weight is 224 g/mol. The molecule has 0 bridgehead atoms. The molecule has 0 fully saturated rings. The number of rotatable bonds is 3. The summed E-state index contributed by atoms with van der Waals surface area (Å²) >= 11 is 7.36. The molecule has 0 aliphatic heterocycles. The van der Waals surface area contributed by atoms with Crippen LogP contribution in [0.3, 0.4) is 0 Å². The Kier molecular flexibility index (Phi) is 3.55. The number of hydrogen-bond donors (Lipinski definition) is 2. The molecule has 1 aromatic rings. The second-order valence-corrected chi connectivity index (χ2v) is 3.47. The molecule has 1 rings (SSSR count). The van der Waals surface area contributed by atoms with E-state index in [0.29, 0.717) is 16.7 Å². The molecule has 0 radical (unpaired) electrons. The van der Waals surface area contributed by atoms with Gasteiger partial charge in [-0.05, 0) is 23.8 Å². The first-order valence-electron chi connectivity index (χ1n) is 3.78. The molecule has 0 amide bonds. The van der Waals surface area contributed by atoms with Crippen molar-refractivity contribution in [2.24, 2.45) is 0 Å². The quantitative estimate of drug-likeness (QED) is 0.773. The summed E-state index contributed by atoms with van der Waals surface area (Å²) in [6, 6.07) is 4.68. The Balaban J connectivity index is 3.34. The highest BCUT2D eigenvalue weighted by atomic mass is 32.1. The Bertz CT molecular complexity index is 378. The highest BCUT2D eigenvalue weighted by molar-refractivity contribution is 7.97. The monoisotopic (exact) mass is 224 g/mol. The molecule has 0 atom stereocenters. The van der Waals surface area contributed by atoms with E-state index in [0.717, 1.165) is 0 Å². The zero-order valence-electron chi connectivity index (χ0n) is 7.23. The van der Waals surface area contributed by atoms with Gasteiger partial charge in [-0.15, -0.1) is 25.3 Å². The highest BCUT2D eigenvalue weighted by Gasteiger charge is 2.07. The zero-order valence-corrected chi connectivity index (χ0v) is 9.02. The number of carbonyl (C=O) groups is 2. The van der Waals surface area contributed by atoms with E-state index < -0.39 is 0 Å². The van der Waals surface area contributed by atoms with Gasteiger partial charge in [0.05, 0.1) is 0 Å². The lowest BCUT2D eigenvalue weighted by molar-refractivity contribution is 0.109. The molecule has 0 saturated carbocycles. The Morgan fingerprint density at radius 2 is 1.50 bits per heavy atom. The van der Waals surface area contributed by atoms with Gasteiger partial charge in [-0.1, -0.05) is 12.7 Å². The molecular formula is C10H8O2S2. The van der Waals surface area contributed by atoms with Crippen molar-refractivity contribution < 1.29 is 9.59 Å². The third kappa shape index (κ3) is 2.49. The van der Waals surface area contributed by atoms with E-state index in [9.17, 15) is 9.59 Å². The van der Waals surface area contributed by atoms with E-state index >= 15 is 0 Å². The normalized spacial score (nSPS) is 9.57. The molecule has 0 aliphatic rings. The second-order valence-electron chi connectivity index (χ2n) is 2.66. The molecule has 0 heterocycles. The summed E-state index contributed by atoms with van der Waals surface area (Å²) in [7, 11) is 0. The molecule has 14 heavy (non-hydrogen) atoms. The molecule has 0 unspecified atom stereocenters. The van der Waals surface area contributed by atoms with Crippen LogP contribution in [0.4, 0.5) is 0 Å². The first kappa shape index (κ1) is 11.1. The lowest BCUT2D eigenvalue weighted by Gasteiger charge is -2.01. The van der Waals surface area contributed by atoms with Crippen molar-refractivity contribution in [3.05, 3.63) is 41.5 Å². The van der Waals surface area contributed by atoms with Crippen LogP contribution in [0.25, 0.3) is 6.08 Å². The Hall–Kier alpha value is -1.00. The number of hydrogen-bond acceptors (Lipinski definition) is 2. The third-order valence-electron chi connectivity index (χ3n) is 1.68. The summed E-state index contributed by atoms with van der Waals surface area (Å²) in [5.74, 6) is 0. The largest absolute Gasteiger partial charge is 0.282 e. The molecule has 0 aliphatic carbocycles. The van der Waals surface area contributed by atoms with Crippen LogP contribution in [0.1, 0.15) is 26.3 Å². The van der Waals surface area contributed by atoms with Crippen LogP contribution >= 0.6 is 25.3 Å². The Labute approximate surface area is 92.8 Å². The zero-order chi connectivity index (χ0) is 10.7. The maximum atomic E-state index is 11.0. The van der Waals surface area contributed by atoms with Crippen molar-refractivity contribution in [3.8, 4) is 0 Å². The van der Waals surface area contributed by atoms with Crippen molar-refractivity contribution in [1.29, 1.82) is 0 Å². The molecule has 1 aromatic carbocycles. The van der Waals surface area contributed by atoms with Gasteiger partial charge in [0.25, 0.3) is 0 Å². The molecule has 0 N–H and O–H groups in total. The van der Waals surface area contributed by atoms with Gasteiger partial charge in [0.2, 0.25) is 10.2 Å². The summed E-state index contributed by atoms with van der Waals surface area (Å²) in [4.78, 5) is 22.0. The van der Waals surface area contributed by atoms with Gasteiger partial charge < -0.3 is 0 Å². The van der Waals surface area contributed by atoms with E-state index in [2.05, 4.69) is 31.8 Å². The number of benzene rings is 1. The minimum absolute atomic E-state index is 0.364. The fraction of sp³-hybridized carbons (Fsp3) is 0. The maximum absolute atomic E-state index is 11.0. The van der Waals surface area contributed by atoms with E-state index in [1.807, 2.05) is 0 Å². The van der Waals surface area contributed by atoms with Crippen LogP contribution in [0.2, 0.25) is 0 Å². The maximum Gasteiger partial charge on any atom is 0.216 e. The lowest BCUT2D eigenvalue weighted by atomic mass is 10.1. The SMILES string of the molecule is C=Cc1cc(C(=O)S)cc(C(=O)S)c1. The van der Waals surface area contributed by atoms with Gasteiger partial charge in [0, 0.05) is 11.1 Å². The fourth-order valence-corrected chi connectivity index (χ4v) is 1.27. The summed E-state index contributed by atoms with van der Waals surface area (Å²) in [5.41, 5.74) is 1.42. The molecule has 0 aromatic heterocycles. The summed E-state index contributed by atoms with van der Waals surface area (Å²) in [5, 5.41) is -0.769. The predicted octanol–water partition coefficient (Wildman–Crippen LogP) is 2.47. The first-order chi connectivity index (χ1) is 6.54. The minimum Gasteiger partial charge on any atom is -0.282 e. The van der Waals surface area contributed by atoms with Gasteiger partial charge in [-0.25, -0.2) is 0 Å². The Morgan fingerprint density at radius 1 is 1.07 bits per heavy atom. The van der Waals surface area contributed by atoms with Gasteiger partial charge in [-0.3, -0.25) is 9.59 Å². The fourth-order valence-electron chi connectivity index (χ4n) is 1.02. The van der Waals surface area contributed by atoms with Crippen LogP contribution < -0.4 is 0 Å².